The normalized spacial score (nSPS) is 16.4. The largest absolute Gasteiger partial charge is 0.390 e. The molecule has 0 spiro atoms. The average molecular weight is 162 g/mol. The maximum atomic E-state index is 12.0. The highest BCUT2D eigenvalue weighted by Crippen LogP contribution is 2.16. The molecular formula is C9H19FO. The summed E-state index contributed by atoms with van der Waals surface area (Å²) in [5.74, 6) is 0.167. The summed E-state index contributed by atoms with van der Waals surface area (Å²) < 4.78 is 12.0. The maximum Gasteiger partial charge on any atom is 0.116 e. The molecule has 2 atom stereocenters. The van der Waals surface area contributed by atoms with E-state index in [-0.39, 0.29) is 5.92 Å². The standard InChI is InChI=1S/C9H19FO/c1-3-5-6-8(4-2)9(11)7-10/h8-9,11H,3-7H2,1-2H3. The third-order valence-corrected chi connectivity index (χ3v) is 2.16. The van der Waals surface area contributed by atoms with Gasteiger partial charge in [0, 0.05) is 0 Å². The highest BCUT2D eigenvalue weighted by Gasteiger charge is 2.15. The van der Waals surface area contributed by atoms with E-state index in [1.165, 1.54) is 0 Å². The van der Waals surface area contributed by atoms with Crippen LogP contribution in [0.2, 0.25) is 0 Å². The van der Waals surface area contributed by atoms with E-state index in [1.54, 1.807) is 0 Å². The third-order valence-electron chi connectivity index (χ3n) is 2.16. The summed E-state index contributed by atoms with van der Waals surface area (Å²) >= 11 is 0. The minimum Gasteiger partial charge on any atom is -0.390 e. The molecule has 0 aromatic heterocycles. The monoisotopic (exact) mass is 162 g/mol. The molecular weight excluding hydrogens is 143 g/mol. The van der Waals surface area contributed by atoms with Crippen LogP contribution in [-0.4, -0.2) is 17.9 Å². The Kier molecular flexibility index (Phi) is 6.52. The molecule has 0 heterocycles. The molecule has 0 saturated carbocycles. The van der Waals surface area contributed by atoms with Gasteiger partial charge in [-0.2, -0.15) is 0 Å². The first-order valence-electron chi connectivity index (χ1n) is 4.50. The van der Waals surface area contributed by atoms with E-state index < -0.39 is 12.8 Å². The van der Waals surface area contributed by atoms with Crippen LogP contribution in [0.5, 0.6) is 0 Å². The highest BCUT2D eigenvalue weighted by atomic mass is 19.1. The van der Waals surface area contributed by atoms with Gasteiger partial charge in [0.1, 0.15) is 6.67 Å². The molecule has 0 aliphatic heterocycles. The van der Waals surface area contributed by atoms with E-state index in [2.05, 4.69) is 6.92 Å². The van der Waals surface area contributed by atoms with E-state index >= 15 is 0 Å². The van der Waals surface area contributed by atoms with Crippen LogP contribution < -0.4 is 0 Å². The lowest BCUT2D eigenvalue weighted by molar-refractivity contribution is 0.0732. The van der Waals surface area contributed by atoms with Crippen LogP contribution in [0, 0.1) is 5.92 Å². The van der Waals surface area contributed by atoms with Crippen molar-refractivity contribution in [1.29, 1.82) is 0 Å². The van der Waals surface area contributed by atoms with E-state index in [0.29, 0.717) is 0 Å². The number of halogens is 1. The smallest absolute Gasteiger partial charge is 0.116 e. The summed E-state index contributed by atoms with van der Waals surface area (Å²) in [5, 5.41) is 9.17. The van der Waals surface area contributed by atoms with Crippen molar-refractivity contribution < 1.29 is 9.50 Å². The lowest BCUT2D eigenvalue weighted by atomic mass is 9.94. The quantitative estimate of drug-likeness (QED) is 0.636. The third kappa shape index (κ3) is 4.35. The van der Waals surface area contributed by atoms with E-state index in [4.69, 9.17) is 5.11 Å². The molecule has 0 saturated heterocycles. The Hall–Kier alpha value is -0.110. The first-order valence-corrected chi connectivity index (χ1v) is 4.50. The van der Waals surface area contributed by atoms with E-state index in [0.717, 1.165) is 25.7 Å². The van der Waals surface area contributed by atoms with Crippen molar-refractivity contribution in [2.45, 2.75) is 45.6 Å². The van der Waals surface area contributed by atoms with Crippen LogP contribution in [0.25, 0.3) is 0 Å². The Balaban J connectivity index is 3.56. The number of hydrogen-bond donors (Lipinski definition) is 1. The van der Waals surface area contributed by atoms with Gasteiger partial charge in [0.25, 0.3) is 0 Å². The van der Waals surface area contributed by atoms with Crippen LogP contribution in [0.4, 0.5) is 4.39 Å². The Labute approximate surface area is 68.6 Å². The Bertz CT molecular complexity index is 85.6. The lowest BCUT2D eigenvalue weighted by Gasteiger charge is -2.18. The zero-order valence-electron chi connectivity index (χ0n) is 7.52. The van der Waals surface area contributed by atoms with Crippen molar-refractivity contribution in [3.05, 3.63) is 0 Å². The first kappa shape index (κ1) is 10.9. The molecule has 2 unspecified atom stereocenters. The number of hydrogen-bond acceptors (Lipinski definition) is 1. The molecule has 0 radical (unpaired) electrons. The molecule has 1 nitrogen and oxygen atoms in total. The van der Waals surface area contributed by atoms with Gasteiger partial charge in [-0.25, -0.2) is 4.39 Å². The van der Waals surface area contributed by atoms with Crippen LogP contribution >= 0.6 is 0 Å². The fraction of sp³-hybridized carbons (Fsp3) is 1.00. The Morgan fingerprint density at radius 3 is 2.36 bits per heavy atom. The van der Waals surface area contributed by atoms with Crippen LogP contribution in [0.15, 0.2) is 0 Å². The molecule has 11 heavy (non-hydrogen) atoms. The number of aliphatic hydroxyl groups excluding tert-OH is 1. The van der Waals surface area contributed by atoms with Crippen molar-refractivity contribution in [3.63, 3.8) is 0 Å². The second kappa shape index (κ2) is 6.59. The lowest BCUT2D eigenvalue weighted by Crippen LogP contribution is -2.21. The highest BCUT2D eigenvalue weighted by molar-refractivity contribution is 4.66. The zero-order chi connectivity index (χ0) is 8.69. The molecule has 0 aromatic rings. The van der Waals surface area contributed by atoms with Gasteiger partial charge in [0.2, 0.25) is 0 Å². The van der Waals surface area contributed by atoms with Crippen molar-refractivity contribution >= 4 is 0 Å². The number of aliphatic hydroxyl groups is 1. The van der Waals surface area contributed by atoms with Gasteiger partial charge < -0.3 is 5.11 Å². The number of unbranched alkanes of at least 4 members (excludes halogenated alkanes) is 1. The predicted octanol–water partition coefficient (Wildman–Crippen LogP) is 2.53. The van der Waals surface area contributed by atoms with Crippen molar-refractivity contribution in [1.82, 2.24) is 0 Å². The summed E-state index contributed by atoms with van der Waals surface area (Å²) in [7, 11) is 0. The van der Waals surface area contributed by atoms with Crippen LogP contribution in [-0.2, 0) is 0 Å². The van der Waals surface area contributed by atoms with Crippen LogP contribution in [0.3, 0.4) is 0 Å². The Morgan fingerprint density at radius 2 is 2.00 bits per heavy atom. The Morgan fingerprint density at radius 1 is 1.36 bits per heavy atom. The van der Waals surface area contributed by atoms with Gasteiger partial charge >= 0.3 is 0 Å². The molecule has 0 amide bonds. The molecule has 0 fully saturated rings. The molecule has 0 aromatic carbocycles. The average Bonchev–Trinajstić information content (AvgIpc) is 2.05. The van der Waals surface area contributed by atoms with Gasteiger partial charge in [-0.3, -0.25) is 0 Å². The number of rotatable bonds is 6. The van der Waals surface area contributed by atoms with E-state index in [9.17, 15) is 4.39 Å². The zero-order valence-corrected chi connectivity index (χ0v) is 7.52. The van der Waals surface area contributed by atoms with Gasteiger partial charge in [-0.1, -0.05) is 33.1 Å². The molecule has 2 heteroatoms. The summed E-state index contributed by atoms with van der Waals surface area (Å²) in [6.07, 6.45) is 3.32. The van der Waals surface area contributed by atoms with Gasteiger partial charge in [-0.05, 0) is 12.3 Å². The van der Waals surface area contributed by atoms with Crippen LogP contribution in [0.1, 0.15) is 39.5 Å². The maximum absolute atomic E-state index is 12.0. The van der Waals surface area contributed by atoms with Gasteiger partial charge in [0.05, 0.1) is 6.10 Å². The molecule has 1 N–H and O–H groups in total. The molecule has 0 rings (SSSR count). The van der Waals surface area contributed by atoms with Gasteiger partial charge in [-0.15, -0.1) is 0 Å². The minimum atomic E-state index is -0.730. The predicted molar refractivity (Wildman–Crippen MR) is 45.3 cm³/mol. The fourth-order valence-electron chi connectivity index (χ4n) is 1.26. The SMILES string of the molecule is CCCCC(CC)C(O)CF. The second-order valence-electron chi connectivity index (χ2n) is 3.03. The molecule has 68 valence electrons. The molecule has 0 bridgehead atoms. The van der Waals surface area contributed by atoms with Crippen molar-refractivity contribution in [3.8, 4) is 0 Å². The summed E-state index contributed by atoms with van der Waals surface area (Å²) in [6.45, 7) is 3.51. The molecule has 0 aliphatic rings. The van der Waals surface area contributed by atoms with Crippen molar-refractivity contribution in [2.24, 2.45) is 5.92 Å². The summed E-state index contributed by atoms with van der Waals surface area (Å²) in [5.41, 5.74) is 0. The molecule has 0 aliphatic carbocycles. The first-order chi connectivity index (χ1) is 5.26. The van der Waals surface area contributed by atoms with E-state index in [1.807, 2.05) is 6.92 Å². The second-order valence-corrected chi connectivity index (χ2v) is 3.03. The van der Waals surface area contributed by atoms with Crippen molar-refractivity contribution in [2.75, 3.05) is 6.67 Å². The fourth-order valence-corrected chi connectivity index (χ4v) is 1.26. The minimum absolute atomic E-state index is 0.167. The summed E-state index contributed by atoms with van der Waals surface area (Å²) in [6, 6.07) is 0. The topological polar surface area (TPSA) is 20.2 Å². The summed E-state index contributed by atoms with van der Waals surface area (Å²) in [4.78, 5) is 0. The number of alkyl halides is 1. The van der Waals surface area contributed by atoms with Gasteiger partial charge in [0.15, 0.2) is 0 Å².